The molecule has 0 aliphatic carbocycles. The highest BCUT2D eigenvalue weighted by Gasteiger charge is 2.11. The summed E-state index contributed by atoms with van der Waals surface area (Å²) in [5.41, 5.74) is 1.15. The normalized spacial score (nSPS) is 15.1. The Morgan fingerprint density at radius 1 is 1.00 bits per heavy atom. The standard InChI is InChI=1S/C16H19N3O/c1-2-5-14(6-3-1)13-20-16-8-4-7-15(18-16)19-11-9-17-10-12-19/h1-8,17H,9-13H2. The van der Waals surface area contributed by atoms with E-state index in [4.69, 9.17) is 4.74 Å². The van der Waals surface area contributed by atoms with Crippen LogP contribution in [0.3, 0.4) is 0 Å². The largest absolute Gasteiger partial charge is 0.473 e. The Morgan fingerprint density at radius 3 is 2.60 bits per heavy atom. The molecule has 0 spiro atoms. The lowest BCUT2D eigenvalue weighted by atomic mass is 10.2. The van der Waals surface area contributed by atoms with E-state index in [2.05, 4.69) is 27.3 Å². The van der Waals surface area contributed by atoms with Crippen LogP contribution in [0.4, 0.5) is 5.82 Å². The van der Waals surface area contributed by atoms with E-state index in [9.17, 15) is 0 Å². The maximum atomic E-state index is 5.77. The molecule has 1 N–H and O–H groups in total. The SMILES string of the molecule is c1ccc(COc2cccc(N3CCNCC3)n2)cc1. The molecule has 0 radical (unpaired) electrons. The summed E-state index contributed by atoms with van der Waals surface area (Å²) in [5, 5.41) is 3.35. The van der Waals surface area contributed by atoms with Gasteiger partial charge in [-0.15, -0.1) is 0 Å². The molecule has 4 heteroatoms. The van der Waals surface area contributed by atoms with Gasteiger partial charge in [0.25, 0.3) is 0 Å². The van der Waals surface area contributed by atoms with Crippen LogP contribution >= 0.6 is 0 Å². The van der Waals surface area contributed by atoms with Gasteiger partial charge in [-0.05, 0) is 11.6 Å². The third-order valence-corrected chi connectivity index (χ3v) is 3.38. The second-order valence-electron chi connectivity index (χ2n) is 4.85. The van der Waals surface area contributed by atoms with Gasteiger partial charge in [-0.3, -0.25) is 0 Å². The van der Waals surface area contributed by atoms with Crippen molar-refractivity contribution >= 4 is 5.82 Å². The number of piperazine rings is 1. The fraction of sp³-hybridized carbons (Fsp3) is 0.312. The molecule has 20 heavy (non-hydrogen) atoms. The highest BCUT2D eigenvalue weighted by molar-refractivity contribution is 5.41. The number of anilines is 1. The summed E-state index contributed by atoms with van der Waals surface area (Å²) in [6.07, 6.45) is 0. The van der Waals surface area contributed by atoms with E-state index >= 15 is 0 Å². The Labute approximate surface area is 119 Å². The fourth-order valence-corrected chi connectivity index (χ4v) is 2.29. The molecule has 2 heterocycles. The molecule has 3 rings (SSSR count). The van der Waals surface area contributed by atoms with Crippen molar-refractivity contribution in [2.45, 2.75) is 6.61 Å². The maximum Gasteiger partial charge on any atom is 0.215 e. The van der Waals surface area contributed by atoms with Crippen molar-refractivity contribution in [3.8, 4) is 5.88 Å². The van der Waals surface area contributed by atoms with Crippen LogP contribution in [-0.4, -0.2) is 31.2 Å². The molecular weight excluding hydrogens is 250 g/mol. The molecule has 1 aliphatic heterocycles. The van der Waals surface area contributed by atoms with Crippen LogP contribution in [0.15, 0.2) is 48.5 Å². The van der Waals surface area contributed by atoms with Crippen LogP contribution in [0.2, 0.25) is 0 Å². The number of ether oxygens (including phenoxy) is 1. The third-order valence-electron chi connectivity index (χ3n) is 3.38. The zero-order valence-corrected chi connectivity index (χ0v) is 11.5. The Morgan fingerprint density at radius 2 is 1.80 bits per heavy atom. The first-order chi connectivity index (χ1) is 9.92. The molecule has 104 valence electrons. The number of nitrogens with zero attached hydrogens (tertiary/aromatic N) is 2. The topological polar surface area (TPSA) is 37.4 Å². The summed E-state index contributed by atoms with van der Waals surface area (Å²) in [6, 6.07) is 16.1. The van der Waals surface area contributed by atoms with Crippen molar-refractivity contribution in [3.63, 3.8) is 0 Å². The fourth-order valence-electron chi connectivity index (χ4n) is 2.29. The molecule has 2 aromatic rings. The van der Waals surface area contributed by atoms with Crippen LogP contribution in [0.5, 0.6) is 5.88 Å². The summed E-state index contributed by atoms with van der Waals surface area (Å²) in [5.74, 6) is 1.68. The molecule has 0 saturated carbocycles. The zero-order chi connectivity index (χ0) is 13.6. The second-order valence-corrected chi connectivity index (χ2v) is 4.85. The van der Waals surface area contributed by atoms with Crippen molar-refractivity contribution < 1.29 is 4.74 Å². The number of nitrogens with one attached hydrogen (secondary N) is 1. The quantitative estimate of drug-likeness (QED) is 0.922. The molecule has 1 fully saturated rings. The van der Waals surface area contributed by atoms with Gasteiger partial charge in [0.2, 0.25) is 5.88 Å². The van der Waals surface area contributed by atoms with Crippen molar-refractivity contribution in [3.05, 3.63) is 54.1 Å². The number of benzene rings is 1. The average Bonchev–Trinajstić information content (AvgIpc) is 2.55. The highest BCUT2D eigenvalue weighted by atomic mass is 16.5. The van der Waals surface area contributed by atoms with Gasteiger partial charge in [0.1, 0.15) is 12.4 Å². The van der Waals surface area contributed by atoms with Crippen molar-refractivity contribution in [2.75, 3.05) is 31.1 Å². The summed E-state index contributed by atoms with van der Waals surface area (Å²) in [4.78, 5) is 6.87. The molecule has 0 unspecified atom stereocenters. The molecule has 0 bridgehead atoms. The van der Waals surface area contributed by atoms with Crippen LogP contribution in [-0.2, 0) is 6.61 Å². The van der Waals surface area contributed by atoms with Crippen LogP contribution in [0.1, 0.15) is 5.56 Å². The van der Waals surface area contributed by atoms with Crippen molar-refractivity contribution in [1.29, 1.82) is 0 Å². The number of hydrogen-bond donors (Lipinski definition) is 1. The first-order valence-corrected chi connectivity index (χ1v) is 7.01. The predicted octanol–water partition coefficient (Wildman–Crippen LogP) is 2.07. The Hall–Kier alpha value is -2.07. The number of rotatable bonds is 4. The predicted molar refractivity (Wildman–Crippen MR) is 80.1 cm³/mol. The van der Waals surface area contributed by atoms with Gasteiger partial charge in [0, 0.05) is 32.2 Å². The van der Waals surface area contributed by atoms with Gasteiger partial charge >= 0.3 is 0 Å². The number of pyridine rings is 1. The molecule has 1 aromatic carbocycles. The van der Waals surface area contributed by atoms with E-state index in [1.807, 2.05) is 36.4 Å². The van der Waals surface area contributed by atoms with E-state index in [1.54, 1.807) is 0 Å². The summed E-state index contributed by atoms with van der Waals surface area (Å²) < 4.78 is 5.77. The van der Waals surface area contributed by atoms with E-state index < -0.39 is 0 Å². The lowest BCUT2D eigenvalue weighted by molar-refractivity contribution is 0.294. The lowest BCUT2D eigenvalue weighted by Gasteiger charge is -2.28. The summed E-state index contributed by atoms with van der Waals surface area (Å²) in [7, 11) is 0. The number of hydrogen-bond acceptors (Lipinski definition) is 4. The summed E-state index contributed by atoms with van der Waals surface area (Å²) in [6.45, 7) is 4.57. The first-order valence-electron chi connectivity index (χ1n) is 7.01. The smallest absolute Gasteiger partial charge is 0.215 e. The van der Waals surface area contributed by atoms with Crippen LogP contribution in [0.25, 0.3) is 0 Å². The Kier molecular flexibility index (Phi) is 4.13. The molecule has 1 saturated heterocycles. The van der Waals surface area contributed by atoms with Crippen LogP contribution in [0, 0.1) is 0 Å². The van der Waals surface area contributed by atoms with E-state index in [0.717, 1.165) is 37.6 Å². The molecule has 0 atom stereocenters. The van der Waals surface area contributed by atoms with E-state index in [-0.39, 0.29) is 0 Å². The molecule has 0 amide bonds. The van der Waals surface area contributed by atoms with Crippen molar-refractivity contribution in [1.82, 2.24) is 10.3 Å². The first kappa shape index (κ1) is 12.9. The molecule has 1 aliphatic rings. The van der Waals surface area contributed by atoms with E-state index in [0.29, 0.717) is 12.5 Å². The zero-order valence-electron chi connectivity index (χ0n) is 11.5. The van der Waals surface area contributed by atoms with Gasteiger partial charge in [0.05, 0.1) is 0 Å². The van der Waals surface area contributed by atoms with Crippen LogP contribution < -0.4 is 15.0 Å². The minimum absolute atomic E-state index is 0.554. The van der Waals surface area contributed by atoms with E-state index in [1.165, 1.54) is 0 Å². The van der Waals surface area contributed by atoms with Crippen molar-refractivity contribution in [2.24, 2.45) is 0 Å². The minimum Gasteiger partial charge on any atom is -0.473 e. The lowest BCUT2D eigenvalue weighted by Crippen LogP contribution is -2.43. The number of aromatic nitrogens is 1. The Balaban J connectivity index is 1.65. The Bertz CT molecular complexity index is 538. The molecule has 1 aromatic heterocycles. The maximum absolute atomic E-state index is 5.77. The molecular formula is C16H19N3O. The third kappa shape index (κ3) is 3.27. The monoisotopic (exact) mass is 269 g/mol. The van der Waals surface area contributed by atoms with Gasteiger partial charge < -0.3 is 15.0 Å². The summed E-state index contributed by atoms with van der Waals surface area (Å²) >= 11 is 0. The minimum atomic E-state index is 0.554. The molecule has 4 nitrogen and oxygen atoms in total. The van der Waals surface area contributed by atoms with Gasteiger partial charge in [-0.25, -0.2) is 0 Å². The van der Waals surface area contributed by atoms with Gasteiger partial charge in [-0.1, -0.05) is 36.4 Å². The van der Waals surface area contributed by atoms with Gasteiger partial charge in [-0.2, -0.15) is 4.98 Å². The van der Waals surface area contributed by atoms with Gasteiger partial charge in [0.15, 0.2) is 0 Å². The highest BCUT2D eigenvalue weighted by Crippen LogP contribution is 2.17. The average molecular weight is 269 g/mol. The second kappa shape index (κ2) is 6.39.